The molecule has 0 saturated heterocycles. The second-order valence-electron chi connectivity index (χ2n) is 16.4. The Morgan fingerprint density at radius 3 is 1.54 bits per heavy atom. The van der Waals surface area contributed by atoms with E-state index in [4.69, 9.17) is 0 Å². The zero-order valence-corrected chi connectivity index (χ0v) is 29.4. The molecule has 13 rings (SSSR count). The second kappa shape index (κ2) is 10.8. The summed E-state index contributed by atoms with van der Waals surface area (Å²) in [6.07, 6.45) is 7.03. The number of rotatable bonds is 3. The average Bonchev–Trinajstić information content (AvgIpc) is 3.49. The van der Waals surface area contributed by atoms with Gasteiger partial charge in [0.05, 0.1) is 0 Å². The predicted molar refractivity (Wildman–Crippen MR) is 219 cm³/mol. The maximum absolute atomic E-state index is 2.69. The van der Waals surface area contributed by atoms with E-state index in [0.29, 0.717) is 0 Å². The predicted octanol–water partition coefficient (Wildman–Crippen LogP) is 13.9. The molecule has 0 aromatic heterocycles. The van der Waals surface area contributed by atoms with Crippen molar-refractivity contribution in [2.24, 2.45) is 23.7 Å². The van der Waals surface area contributed by atoms with Crippen molar-refractivity contribution in [1.82, 2.24) is 0 Å². The largest absolute Gasteiger partial charge is 0.0622 e. The molecule has 0 heterocycles. The zero-order valence-electron chi connectivity index (χ0n) is 29.4. The molecule has 4 saturated carbocycles. The quantitative estimate of drug-likeness (QED) is 0.165. The molecule has 0 aliphatic heterocycles. The van der Waals surface area contributed by atoms with Crippen molar-refractivity contribution in [2.45, 2.75) is 37.5 Å². The molecule has 0 amide bonds. The Morgan fingerprint density at radius 2 is 0.885 bits per heavy atom. The second-order valence-corrected chi connectivity index (χ2v) is 16.4. The summed E-state index contributed by atoms with van der Waals surface area (Å²) in [5.41, 5.74) is 14.2. The average molecular weight is 665 g/mol. The Balaban J connectivity index is 1.12. The van der Waals surface area contributed by atoms with Gasteiger partial charge in [0.1, 0.15) is 0 Å². The summed E-state index contributed by atoms with van der Waals surface area (Å²) in [6.45, 7) is 0. The maximum atomic E-state index is 2.69. The van der Waals surface area contributed by atoms with Gasteiger partial charge < -0.3 is 0 Å². The van der Waals surface area contributed by atoms with Gasteiger partial charge in [0.15, 0.2) is 0 Å². The highest BCUT2D eigenvalue weighted by Crippen LogP contribution is 2.70. The van der Waals surface area contributed by atoms with E-state index in [-0.39, 0.29) is 5.41 Å². The molecule has 8 aromatic carbocycles. The van der Waals surface area contributed by atoms with Crippen LogP contribution in [-0.2, 0) is 5.41 Å². The van der Waals surface area contributed by atoms with E-state index >= 15 is 0 Å². The first-order valence-corrected chi connectivity index (χ1v) is 19.5. The minimum atomic E-state index is 0.0956. The fraction of sp³-hybridized carbons (Fsp3) is 0.192. The topological polar surface area (TPSA) is 0 Å². The molecule has 248 valence electrons. The third-order valence-corrected chi connectivity index (χ3v) is 14.0. The number of hydrogen-bond donors (Lipinski definition) is 0. The van der Waals surface area contributed by atoms with Crippen LogP contribution in [0, 0.1) is 23.7 Å². The van der Waals surface area contributed by atoms with Crippen molar-refractivity contribution in [3.8, 4) is 44.5 Å². The molecule has 0 unspecified atom stereocenters. The highest BCUT2D eigenvalue weighted by Gasteiger charge is 2.62. The van der Waals surface area contributed by atoms with Crippen molar-refractivity contribution in [3.63, 3.8) is 0 Å². The SMILES string of the molecule is c1ccc(-c2cccc(-c3c4ccccc4c(-c4ccc5c(c4)C4(c6c-5ccc5ccccc65)C5CC6CC(C5)CC4C6)c4ccccc34)c2)cc1. The monoisotopic (exact) mass is 664 g/mol. The van der Waals surface area contributed by atoms with E-state index in [0.717, 1.165) is 23.7 Å². The van der Waals surface area contributed by atoms with Gasteiger partial charge in [-0.2, -0.15) is 0 Å². The Hall–Kier alpha value is -5.46. The van der Waals surface area contributed by atoms with Gasteiger partial charge in [0.25, 0.3) is 0 Å². The molecule has 4 bridgehead atoms. The molecule has 0 nitrogen and oxygen atoms in total. The first-order chi connectivity index (χ1) is 25.8. The molecule has 8 aromatic rings. The van der Waals surface area contributed by atoms with Gasteiger partial charge in [-0.05, 0) is 156 Å². The number of fused-ring (bicyclic) bond motifs is 7. The Morgan fingerprint density at radius 1 is 0.365 bits per heavy atom. The molecule has 5 aliphatic carbocycles. The van der Waals surface area contributed by atoms with Gasteiger partial charge in [-0.3, -0.25) is 0 Å². The van der Waals surface area contributed by atoms with Crippen molar-refractivity contribution >= 4 is 32.3 Å². The Labute approximate surface area is 305 Å². The molecule has 4 fully saturated rings. The van der Waals surface area contributed by atoms with Crippen LogP contribution in [0.2, 0.25) is 0 Å². The zero-order chi connectivity index (χ0) is 34.0. The van der Waals surface area contributed by atoms with Gasteiger partial charge in [-0.1, -0.05) is 146 Å². The van der Waals surface area contributed by atoms with Crippen molar-refractivity contribution in [2.75, 3.05) is 0 Å². The lowest BCUT2D eigenvalue weighted by Gasteiger charge is -2.61. The number of benzene rings is 8. The van der Waals surface area contributed by atoms with Crippen LogP contribution in [0.4, 0.5) is 0 Å². The van der Waals surface area contributed by atoms with Crippen LogP contribution in [0.5, 0.6) is 0 Å². The fourth-order valence-electron chi connectivity index (χ4n) is 12.4. The van der Waals surface area contributed by atoms with Gasteiger partial charge >= 0.3 is 0 Å². The summed E-state index contributed by atoms with van der Waals surface area (Å²) >= 11 is 0. The lowest BCUT2D eigenvalue weighted by atomic mass is 9.43. The molecular weight excluding hydrogens is 625 g/mol. The van der Waals surface area contributed by atoms with E-state index in [1.807, 2.05) is 0 Å². The van der Waals surface area contributed by atoms with Gasteiger partial charge in [-0.25, -0.2) is 0 Å². The Bertz CT molecular complexity index is 2660. The summed E-state index contributed by atoms with van der Waals surface area (Å²) in [5, 5.41) is 8.19. The Kier molecular flexibility index (Phi) is 6.04. The van der Waals surface area contributed by atoms with Gasteiger partial charge in [-0.15, -0.1) is 0 Å². The highest BCUT2D eigenvalue weighted by atomic mass is 14.6. The summed E-state index contributed by atoms with van der Waals surface area (Å²) in [7, 11) is 0. The molecule has 5 aliphatic rings. The first-order valence-electron chi connectivity index (χ1n) is 19.5. The molecule has 0 radical (unpaired) electrons. The fourth-order valence-corrected chi connectivity index (χ4v) is 12.4. The van der Waals surface area contributed by atoms with Crippen molar-refractivity contribution < 1.29 is 0 Å². The van der Waals surface area contributed by atoms with E-state index in [2.05, 4.69) is 158 Å². The first kappa shape index (κ1) is 29.2. The van der Waals surface area contributed by atoms with E-state index < -0.39 is 0 Å². The van der Waals surface area contributed by atoms with Gasteiger partial charge in [0.2, 0.25) is 0 Å². The molecular formula is C52H40. The van der Waals surface area contributed by atoms with E-state index in [1.165, 1.54) is 109 Å². The molecule has 0 atom stereocenters. The van der Waals surface area contributed by atoms with Crippen molar-refractivity contribution in [3.05, 3.63) is 169 Å². The van der Waals surface area contributed by atoms with Crippen LogP contribution in [0.1, 0.15) is 43.2 Å². The maximum Gasteiger partial charge on any atom is 0.0278 e. The molecule has 0 heteroatoms. The van der Waals surface area contributed by atoms with E-state index in [9.17, 15) is 0 Å². The summed E-state index contributed by atoms with van der Waals surface area (Å²) < 4.78 is 0. The smallest absolute Gasteiger partial charge is 0.0278 e. The third-order valence-electron chi connectivity index (χ3n) is 14.0. The summed E-state index contributed by atoms with van der Waals surface area (Å²) in [5.74, 6) is 3.27. The number of hydrogen-bond acceptors (Lipinski definition) is 0. The molecule has 52 heavy (non-hydrogen) atoms. The standard InChI is InChI=1S/C52H40/c1-2-11-34(12-3-1)36-14-10-15-37(30-36)49-43-17-6-8-19-45(43)50(46-20-9-7-18-44(46)49)38-22-23-42-47-24-21-35-13-4-5-16-41(35)51(47)52(48(42)31-38)39-26-32-25-33(28-39)29-40(52)27-32/h1-24,30-33,39-40H,25-29H2. The lowest BCUT2D eigenvalue weighted by molar-refractivity contribution is -0.0393. The lowest BCUT2D eigenvalue weighted by Crippen LogP contribution is -2.55. The van der Waals surface area contributed by atoms with Crippen LogP contribution >= 0.6 is 0 Å². The van der Waals surface area contributed by atoms with E-state index in [1.54, 1.807) is 11.1 Å². The van der Waals surface area contributed by atoms with Gasteiger partial charge in [0, 0.05) is 5.41 Å². The minimum absolute atomic E-state index is 0.0956. The summed E-state index contributed by atoms with van der Waals surface area (Å²) in [6, 6.07) is 60.1. The van der Waals surface area contributed by atoms with Crippen LogP contribution in [0.25, 0.3) is 76.8 Å². The highest BCUT2D eigenvalue weighted by molar-refractivity contribution is 6.21. The molecule has 1 spiro atoms. The molecule has 0 N–H and O–H groups in total. The van der Waals surface area contributed by atoms with Crippen LogP contribution in [0.15, 0.2) is 158 Å². The summed E-state index contributed by atoms with van der Waals surface area (Å²) in [4.78, 5) is 0. The van der Waals surface area contributed by atoms with Crippen LogP contribution < -0.4 is 0 Å². The normalized spacial score (nSPS) is 23.8. The van der Waals surface area contributed by atoms with Crippen LogP contribution in [-0.4, -0.2) is 0 Å². The van der Waals surface area contributed by atoms with Crippen LogP contribution in [0.3, 0.4) is 0 Å². The van der Waals surface area contributed by atoms with Crippen molar-refractivity contribution in [1.29, 1.82) is 0 Å². The third kappa shape index (κ3) is 3.88. The minimum Gasteiger partial charge on any atom is -0.0622 e.